The third-order valence-corrected chi connectivity index (χ3v) is 6.48. The molecule has 0 aliphatic heterocycles. The summed E-state index contributed by atoms with van der Waals surface area (Å²) in [6, 6.07) is 29.3. The zero-order valence-electron chi connectivity index (χ0n) is 17.4. The first kappa shape index (κ1) is 19.9. The Kier molecular flexibility index (Phi) is 5.14. The Morgan fingerprint density at radius 1 is 0.938 bits per heavy atom. The highest BCUT2D eigenvalue weighted by Crippen LogP contribution is 2.36. The van der Waals surface area contributed by atoms with Crippen LogP contribution < -0.4 is 5.56 Å². The van der Waals surface area contributed by atoms with E-state index in [4.69, 9.17) is 4.98 Å². The Hall–Kier alpha value is -4.01. The van der Waals surface area contributed by atoms with Crippen LogP contribution in [0.25, 0.3) is 32.7 Å². The smallest absolute Gasteiger partial charge is 0.263 e. The lowest BCUT2D eigenvalue weighted by Crippen LogP contribution is -2.24. The summed E-state index contributed by atoms with van der Waals surface area (Å²) in [5, 5.41) is 9.94. The van der Waals surface area contributed by atoms with Gasteiger partial charge in [0.05, 0.1) is 23.6 Å². The second-order valence-corrected chi connectivity index (χ2v) is 8.79. The summed E-state index contributed by atoms with van der Waals surface area (Å²) in [4.78, 5) is 20.7. The van der Waals surface area contributed by atoms with E-state index in [0.717, 1.165) is 32.0 Å². The third kappa shape index (κ3) is 3.51. The Balaban J connectivity index is 1.80. The van der Waals surface area contributed by atoms with E-state index in [-0.39, 0.29) is 5.56 Å². The molecule has 0 aliphatic rings. The predicted molar refractivity (Wildman–Crippen MR) is 130 cm³/mol. The molecule has 5 rings (SSSR count). The van der Waals surface area contributed by atoms with Gasteiger partial charge in [0.2, 0.25) is 0 Å². The molecule has 154 valence electrons. The molecule has 0 bridgehead atoms. The number of nitrogens with zero attached hydrogens (tertiary/aromatic N) is 3. The second kappa shape index (κ2) is 8.26. The number of hydrogen-bond acceptors (Lipinski definition) is 4. The van der Waals surface area contributed by atoms with Crippen molar-refractivity contribution in [3.63, 3.8) is 0 Å². The Bertz CT molecular complexity index is 1530. The minimum Gasteiger partial charge on any atom is -0.288 e. The summed E-state index contributed by atoms with van der Waals surface area (Å²) in [5.41, 5.74) is 4.23. The average Bonchev–Trinajstić information content (AvgIpc) is 3.18. The molecular formula is C27H19N3OS. The highest BCUT2D eigenvalue weighted by molar-refractivity contribution is 7.19. The molecule has 0 saturated carbocycles. The van der Waals surface area contributed by atoms with Gasteiger partial charge in [-0.2, -0.15) is 5.26 Å². The molecule has 2 heterocycles. The molecule has 0 fully saturated rings. The molecule has 0 radical (unpaired) electrons. The monoisotopic (exact) mass is 433 g/mol. The summed E-state index contributed by atoms with van der Waals surface area (Å²) in [6.45, 7) is 2.38. The van der Waals surface area contributed by atoms with Crippen LogP contribution in [-0.2, 0) is 6.54 Å². The van der Waals surface area contributed by atoms with Crippen molar-refractivity contribution in [2.75, 3.05) is 0 Å². The third-order valence-electron chi connectivity index (χ3n) is 5.48. The van der Waals surface area contributed by atoms with Crippen LogP contribution in [0.15, 0.2) is 89.7 Å². The number of nitriles is 1. The van der Waals surface area contributed by atoms with Gasteiger partial charge in [-0.25, -0.2) is 4.98 Å². The Labute approximate surface area is 189 Å². The second-order valence-electron chi connectivity index (χ2n) is 7.58. The topological polar surface area (TPSA) is 58.7 Å². The van der Waals surface area contributed by atoms with E-state index in [9.17, 15) is 10.1 Å². The average molecular weight is 434 g/mol. The quantitative estimate of drug-likeness (QED) is 0.348. The van der Waals surface area contributed by atoms with Gasteiger partial charge in [-0.3, -0.25) is 9.36 Å². The highest BCUT2D eigenvalue weighted by Gasteiger charge is 2.20. The van der Waals surface area contributed by atoms with Gasteiger partial charge < -0.3 is 0 Å². The summed E-state index contributed by atoms with van der Waals surface area (Å²) < 4.78 is 1.73. The fourth-order valence-corrected chi connectivity index (χ4v) is 5.06. The van der Waals surface area contributed by atoms with Crippen molar-refractivity contribution in [2.24, 2.45) is 0 Å². The van der Waals surface area contributed by atoms with Crippen LogP contribution in [0.2, 0.25) is 0 Å². The number of thiophene rings is 1. The molecule has 0 unspecified atom stereocenters. The first-order chi connectivity index (χ1) is 15.7. The molecular weight excluding hydrogens is 414 g/mol. The van der Waals surface area contributed by atoms with Crippen LogP contribution in [0, 0.1) is 18.3 Å². The van der Waals surface area contributed by atoms with Crippen molar-refractivity contribution in [1.82, 2.24) is 9.55 Å². The summed E-state index contributed by atoms with van der Waals surface area (Å²) in [7, 11) is 0. The maximum absolute atomic E-state index is 14.0. The van der Waals surface area contributed by atoms with Crippen LogP contribution in [0.1, 0.15) is 16.0 Å². The van der Waals surface area contributed by atoms with Crippen molar-refractivity contribution >= 4 is 21.6 Å². The largest absolute Gasteiger partial charge is 0.288 e. The lowest BCUT2D eigenvalue weighted by Gasteiger charge is -2.14. The molecule has 32 heavy (non-hydrogen) atoms. The van der Waals surface area contributed by atoms with E-state index in [0.29, 0.717) is 23.3 Å². The number of benzene rings is 3. The number of rotatable bonds is 4. The van der Waals surface area contributed by atoms with Crippen molar-refractivity contribution in [3.8, 4) is 28.6 Å². The molecule has 0 spiro atoms. The first-order valence-electron chi connectivity index (χ1n) is 10.3. The Morgan fingerprint density at radius 3 is 2.31 bits per heavy atom. The zero-order chi connectivity index (χ0) is 22.1. The fourth-order valence-electron chi connectivity index (χ4n) is 4.02. The van der Waals surface area contributed by atoms with Crippen molar-refractivity contribution in [3.05, 3.63) is 111 Å². The van der Waals surface area contributed by atoms with Crippen LogP contribution in [0.4, 0.5) is 0 Å². The predicted octanol–water partition coefficient (Wildman–Crippen LogP) is 6.02. The molecule has 0 aliphatic carbocycles. The molecule has 4 nitrogen and oxygen atoms in total. The van der Waals surface area contributed by atoms with Gasteiger partial charge in [-0.15, -0.1) is 11.3 Å². The summed E-state index contributed by atoms with van der Waals surface area (Å²) in [6.07, 6.45) is 0. The van der Waals surface area contributed by atoms with Gasteiger partial charge in [-0.05, 0) is 30.2 Å². The molecule has 0 saturated heterocycles. The maximum Gasteiger partial charge on any atom is 0.263 e. The minimum atomic E-state index is -0.0700. The van der Waals surface area contributed by atoms with Crippen molar-refractivity contribution in [2.45, 2.75) is 13.5 Å². The highest BCUT2D eigenvalue weighted by atomic mass is 32.1. The first-order valence-corrected chi connectivity index (χ1v) is 11.1. The van der Waals surface area contributed by atoms with Crippen LogP contribution in [0.3, 0.4) is 0 Å². The van der Waals surface area contributed by atoms with E-state index in [1.54, 1.807) is 22.0 Å². The standard InChI is InChI=1S/C27H19N3OS/c1-18-23(21-11-4-2-5-12-21)24-26(32-18)29-25(22-13-6-3-7-14-22)30(27(24)31)17-20-10-8-9-19(15-20)16-28/h2-15H,17H2,1H3. The van der Waals surface area contributed by atoms with Crippen molar-refractivity contribution in [1.29, 1.82) is 5.26 Å². The SMILES string of the molecule is Cc1sc2nc(-c3ccccc3)n(Cc3cccc(C#N)c3)c(=O)c2c1-c1ccccc1. The van der Waals surface area contributed by atoms with Gasteiger partial charge >= 0.3 is 0 Å². The molecule has 5 aromatic rings. The normalized spacial score (nSPS) is 10.9. The lowest BCUT2D eigenvalue weighted by atomic mass is 10.0. The number of aryl methyl sites for hydroxylation is 1. The van der Waals surface area contributed by atoms with Gasteiger partial charge in [0.1, 0.15) is 10.7 Å². The van der Waals surface area contributed by atoms with Crippen LogP contribution in [-0.4, -0.2) is 9.55 Å². The van der Waals surface area contributed by atoms with Gasteiger partial charge in [-0.1, -0.05) is 72.8 Å². The van der Waals surface area contributed by atoms with Gasteiger partial charge in [0.25, 0.3) is 5.56 Å². The van der Waals surface area contributed by atoms with E-state index < -0.39 is 0 Å². The van der Waals surface area contributed by atoms with E-state index >= 15 is 0 Å². The molecule has 0 N–H and O–H groups in total. The van der Waals surface area contributed by atoms with E-state index in [1.165, 1.54) is 0 Å². The number of aromatic nitrogens is 2. The van der Waals surface area contributed by atoms with E-state index in [2.05, 4.69) is 6.07 Å². The molecule has 2 aromatic heterocycles. The summed E-state index contributed by atoms with van der Waals surface area (Å²) >= 11 is 1.55. The van der Waals surface area contributed by atoms with Crippen molar-refractivity contribution < 1.29 is 0 Å². The Morgan fingerprint density at radius 2 is 1.62 bits per heavy atom. The maximum atomic E-state index is 14.0. The van der Waals surface area contributed by atoms with Gasteiger partial charge in [0.15, 0.2) is 0 Å². The van der Waals surface area contributed by atoms with Crippen LogP contribution >= 0.6 is 11.3 Å². The lowest BCUT2D eigenvalue weighted by molar-refractivity contribution is 0.760. The number of fused-ring (bicyclic) bond motifs is 1. The van der Waals surface area contributed by atoms with E-state index in [1.807, 2.05) is 85.8 Å². The van der Waals surface area contributed by atoms with Crippen LogP contribution in [0.5, 0.6) is 0 Å². The summed E-state index contributed by atoms with van der Waals surface area (Å²) in [5.74, 6) is 0.631. The fraction of sp³-hybridized carbons (Fsp3) is 0.0741. The molecule has 3 aromatic carbocycles. The zero-order valence-corrected chi connectivity index (χ0v) is 18.3. The number of hydrogen-bond donors (Lipinski definition) is 0. The minimum absolute atomic E-state index is 0.0700. The molecule has 0 atom stereocenters. The molecule has 0 amide bonds. The molecule has 5 heteroatoms. The van der Waals surface area contributed by atoms with Gasteiger partial charge in [0, 0.05) is 16.0 Å².